The Balaban J connectivity index is 1.78. The second-order valence-electron chi connectivity index (χ2n) is 6.50. The van der Waals surface area contributed by atoms with Crippen LogP contribution in [0.15, 0.2) is 41.6 Å². The van der Waals surface area contributed by atoms with Gasteiger partial charge in [0.25, 0.3) is 0 Å². The van der Waals surface area contributed by atoms with Crippen molar-refractivity contribution in [1.82, 2.24) is 5.48 Å². The molecule has 0 saturated heterocycles. The minimum Gasteiger partial charge on any atom is -0.338 e. The molecule has 0 amide bonds. The van der Waals surface area contributed by atoms with Gasteiger partial charge >= 0.3 is 5.97 Å². The van der Waals surface area contributed by atoms with Gasteiger partial charge in [-0.05, 0) is 30.5 Å². The van der Waals surface area contributed by atoms with E-state index in [-0.39, 0.29) is 16.6 Å². The second kappa shape index (κ2) is 4.45. The number of carbonyl (C=O) groups is 2. The summed E-state index contributed by atoms with van der Waals surface area (Å²) in [7, 11) is 0. The van der Waals surface area contributed by atoms with Gasteiger partial charge in [-0.1, -0.05) is 39.0 Å². The fourth-order valence-corrected chi connectivity index (χ4v) is 3.42. The summed E-state index contributed by atoms with van der Waals surface area (Å²) < 4.78 is 0. The molecule has 2 bridgehead atoms. The maximum Gasteiger partial charge on any atom is 0.362 e. The van der Waals surface area contributed by atoms with Crippen LogP contribution in [0.2, 0.25) is 0 Å². The van der Waals surface area contributed by atoms with Gasteiger partial charge in [-0.3, -0.25) is 4.79 Å². The molecule has 0 spiro atoms. The highest BCUT2D eigenvalue weighted by Gasteiger charge is 2.60. The minimum atomic E-state index is -0.484. The molecule has 21 heavy (non-hydrogen) atoms. The molecule has 0 aliphatic heterocycles. The summed E-state index contributed by atoms with van der Waals surface area (Å²) in [6, 6.07) is 8.72. The number of allylic oxidation sites excluding steroid dienone is 2. The van der Waals surface area contributed by atoms with Crippen molar-refractivity contribution in [3.63, 3.8) is 0 Å². The molecule has 3 rings (SSSR count). The molecule has 1 atom stereocenters. The number of rotatable bonds is 3. The molecule has 1 aromatic rings. The monoisotopic (exact) mass is 285 g/mol. The molecule has 1 saturated carbocycles. The van der Waals surface area contributed by atoms with Crippen LogP contribution < -0.4 is 5.48 Å². The number of hydroxylamine groups is 1. The zero-order valence-corrected chi connectivity index (χ0v) is 12.5. The highest BCUT2D eigenvalue weighted by atomic mass is 16.7. The Bertz CT molecular complexity index is 645. The van der Waals surface area contributed by atoms with Gasteiger partial charge in [0.2, 0.25) is 0 Å². The number of ketones is 1. The standard InChI is InChI=1S/C17H19NO3/c1-16(2)12-9-10-17(16,3)14(19)13(12)18-21-15(20)11-7-5-4-6-8-11/h4-8,18H,9-10H2,1-3H3. The molecule has 2 aliphatic rings. The number of fused-ring (bicyclic) bond motifs is 2. The van der Waals surface area contributed by atoms with E-state index >= 15 is 0 Å². The van der Waals surface area contributed by atoms with E-state index in [0.717, 1.165) is 18.4 Å². The largest absolute Gasteiger partial charge is 0.362 e. The molecule has 1 aromatic carbocycles. The summed E-state index contributed by atoms with van der Waals surface area (Å²) in [6.45, 7) is 6.16. The van der Waals surface area contributed by atoms with Crippen LogP contribution in [0.4, 0.5) is 0 Å². The van der Waals surface area contributed by atoms with Crippen LogP contribution in [0.25, 0.3) is 0 Å². The number of Topliss-reactive ketones (excluding diaryl/α,β-unsaturated/α-hetero) is 1. The molecule has 0 aromatic heterocycles. The van der Waals surface area contributed by atoms with Gasteiger partial charge in [0, 0.05) is 10.8 Å². The van der Waals surface area contributed by atoms with Gasteiger partial charge in [-0.15, -0.1) is 0 Å². The van der Waals surface area contributed by atoms with Crippen LogP contribution in [-0.4, -0.2) is 11.8 Å². The lowest BCUT2D eigenvalue weighted by Crippen LogP contribution is -2.36. The molecule has 2 aliphatic carbocycles. The molecule has 1 N–H and O–H groups in total. The first-order valence-corrected chi connectivity index (χ1v) is 7.18. The fraction of sp³-hybridized carbons (Fsp3) is 0.412. The van der Waals surface area contributed by atoms with Crippen molar-refractivity contribution >= 4 is 11.8 Å². The first-order valence-electron chi connectivity index (χ1n) is 7.18. The highest BCUT2D eigenvalue weighted by Crippen LogP contribution is 2.62. The molecule has 0 heterocycles. The van der Waals surface area contributed by atoms with E-state index in [1.54, 1.807) is 24.3 Å². The Hall–Kier alpha value is -2.10. The number of nitrogens with one attached hydrogen (secondary N) is 1. The summed E-state index contributed by atoms with van der Waals surface area (Å²) in [5, 5.41) is 0. The van der Waals surface area contributed by atoms with Gasteiger partial charge < -0.3 is 4.84 Å². The molecular formula is C17H19NO3. The summed E-state index contributed by atoms with van der Waals surface area (Å²) >= 11 is 0. The Kier molecular flexibility index (Phi) is 2.94. The molecule has 110 valence electrons. The van der Waals surface area contributed by atoms with Crippen molar-refractivity contribution in [1.29, 1.82) is 0 Å². The first kappa shape index (κ1) is 13.9. The van der Waals surface area contributed by atoms with E-state index in [0.29, 0.717) is 11.3 Å². The van der Waals surface area contributed by atoms with Gasteiger partial charge in [0.05, 0.1) is 5.56 Å². The third-order valence-electron chi connectivity index (χ3n) is 5.29. The fourth-order valence-electron chi connectivity index (χ4n) is 3.42. The molecule has 4 nitrogen and oxygen atoms in total. The lowest BCUT2D eigenvalue weighted by atomic mass is 9.70. The number of carbonyl (C=O) groups excluding carboxylic acids is 2. The van der Waals surface area contributed by atoms with E-state index < -0.39 is 5.97 Å². The van der Waals surface area contributed by atoms with E-state index in [1.807, 2.05) is 13.0 Å². The SMILES string of the molecule is CC1(C)C2=C(NOC(=O)c3ccccc3)C(=O)C1(C)CC2. The van der Waals surface area contributed by atoms with E-state index in [4.69, 9.17) is 4.84 Å². The number of benzene rings is 1. The zero-order chi connectivity index (χ0) is 15.3. The van der Waals surface area contributed by atoms with Crippen LogP contribution in [0.5, 0.6) is 0 Å². The molecule has 1 unspecified atom stereocenters. The summed E-state index contributed by atoms with van der Waals surface area (Å²) in [5.41, 5.74) is 4.05. The third-order valence-corrected chi connectivity index (χ3v) is 5.29. The quantitative estimate of drug-likeness (QED) is 0.867. The Morgan fingerprint density at radius 2 is 1.86 bits per heavy atom. The lowest BCUT2D eigenvalue weighted by molar-refractivity contribution is -0.127. The maximum absolute atomic E-state index is 12.5. The van der Waals surface area contributed by atoms with E-state index in [1.165, 1.54) is 0 Å². The summed E-state index contributed by atoms with van der Waals surface area (Å²) in [6.07, 6.45) is 1.74. The first-order chi connectivity index (χ1) is 9.88. The van der Waals surface area contributed by atoms with Gasteiger partial charge in [0.15, 0.2) is 5.78 Å². The predicted octanol–water partition coefficient (Wildman–Crippen LogP) is 3.01. The van der Waals surface area contributed by atoms with Crippen LogP contribution in [0.3, 0.4) is 0 Å². The smallest absolute Gasteiger partial charge is 0.338 e. The van der Waals surface area contributed by atoms with E-state index in [2.05, 4.69) is 19.3 Å². The Morgan fingerprint density at radius 3 is 2.43 bits per heavy atom. The number of hydrogen-bond donors (Lipinski definition) is 1. The molecule has 1 fully saturated rings. The Labute approximate surface area is 124 Å². The summed E-state index contributed by atoms with van der Waals surface area (Å²) in [4.78, 5) is 29.6. The normalized spacial score (nSPS) is 26.1. The topological polar surface area (TPSA) is 55.4 Å². The average Bonchev–Trinajstić information content (AvgIpc) is 2.78. The molecule has 0 radical (unpaired) electrons. The van der Waals surface area contributed by atoms with Crippen molar-refractivity contribution in [3.8, 4) is 0 Å². The van der Waals surface area contributed by atoms with Crippen LogP contribution in [0.1, 0.15) is 44.0 Å². The Morgan fingerprint density at radius 1 is 1.19 bits per heavy atom. The van der Waals surface area contributed by atoms with E-state index in [9.17, 15) is 9.59 Å². The van der Waals surface area contributed by atoms with Crippen molar-refractivity contribution < 1.29 is 14.4 Å². The van der Waals surface area contributed by atoms with Gasteiger partial charge in [0.1, 0.15) is 5.70 Å². The third kappa shape index (κ3) is 1.82. The minimum absolute atomic E-state index is 0.0506. The average molecular weight is 285 g/mol. The lowest BCUT2D eigenvalue weighted by Gasteiger charge is -2.31. The van der Waals surface area contributed by atoms with Gasteiger partial charge in [-0.25, -0.2) is 10.3 Å². The molecular weight excluding hydrogens is 266 g/mol. The highest BCUT2D eigenvalue weighted by molar-refractivity contribution is 6.05. The van der Waals surface area contributed by atoms with Crippen molar-refractivity contribution in [2.24, 2.45) is 10.8 Å². The van der Waals surface area contributed by atoms with Crippen molar-refractivity contribution in [3.05, 3.63) is 47.2 Å². The van der Waals surface area contributed by atoms with Crippen molar-refractivity contribution in [2.45, 2.75) is 33.6 Å². The molecule has 4 heteroatoms. The predicted molar refractivity (Wildman–Crippen MR) is 78.1 cm³/mol. The van der Waals surface area contributed by atoms with Crippen LogP contribution >= 0.6 is 0 Å². The zero-order valence-electron chi connectivity index (χ0n) is 12.5. The summed E-state index contributed by atoms with van der Waals surface area (Å²) in [5.74, 6) is -0.433. The second-order valence-corrected chi connectivity index (χ2v) is 6.50. The maximum atomic E-state index is 12.5. The van der Waals surface area contributed by atoms with Gasteiger partial charge in [-0.2, -0.15) is 0 Å². The van der Waals surface area contributed by atoms with Crippen LogP contribution in [-0.2, 0) is 9.63 Å². The number of hydrogen-bond acceptors (Lipinski definition) is 4. The van der Waals surface area contributed by atoms with Crippen molar-refractivity contribution in [2.75, 3.05) is 0 Å². The van der Waals surface area contributed by atoms with Crippen LogP contribution in [0, 0.1) is 10.8 Å².